The molecule has 0 atom stereocenters. The van der Waals surface area contributed by atoms with Crippen LogP contribution in [-0.2, 0) is 11.2 Å². The molecule has 0 spiro atoms. The standard InChI is InChI=1S/C20H35N3O4.HI/c1-6-21-20(22-13-8-9-15-27-7-2)23-14-12-16-10-11-17(24-3)19(26-5)18(16)25-4;/h10-11H,6-9,12-15H2,1-5H3,(H2,21,22,23);1H. The second kappa shape index (κ2) is 16.5. The molecule has 1 rings (SSSR count). The van der Waals surface area contributed by atoms with E-state index in [0.717, 1.165) is 63.6 Å². The zero-order valence-electron chi connectivity index (χ0n) is 17.8. The van der Waals surface area contributed by atoms with Gasteiger partial charge < -0.3 is 29.6 Å². The Hall–Kier alpha value is -1.42. The molecule has 0 bridgehead atoms. The first kappa shape index (κ1) is 26.6. The lowest BCUT2D eigenvalue weighted by Gasteiger charge is -2.16. The molecule has 0 radical (unpaired) electrons. The number of aliphatic imine (C=N–C) groups is 1. The van der Waals surface area contributed by atoms with Gasteiger partial charge in [-0.3, -0.25) is 4.99 Å². The van der Waals surface area contributed by atoms with Crippen LogP contribution in [0.3, 0.4) is 0 Å². The second-order valence-corrected chi connectivity index (χ2v) is 5.83. The van der Waals surface area contributed by atoms with Crippen molar-refractivity contribution in [2.75, 3.05) is 54.2 Å². The molecule has 0 saturated heterocycles. The SMILES string of the molecule is CCNC(=NCCCCOCC)NCCc1ccc(OC)c(OC)c1OC.I. The smallest absolute Gasteiger partial charge is 0.203 e. The highest BCUT2D eigenvalue weighted by Crippen LogP contribution is 2.39. The monoisotopic (exact) mass is 509 g/mol. The number of methoxy groups -OCH3 is 3. The van der Waals surface area contributed by atoms with Gasteiger partial charge in [0.15, 0.2) is 17.5 Å². The number of rotatable bonds is 13. The van der Waals surface area contributed by atoms with Gasteiger partial charge in [-0.25, -0.2) is 0 Å². The number of nitrogens with zero attached hydrogens (tertiary/aromatic N) is 1. The van der Waals surface area contributed by atoms with Gasteiger partial charge in [0.25, 0.3) is 0 Å². The van der Waals surface area contributed by atoms with E-state index in [1.165, 1.54) is 0 Å². The van der Waals surface area contributed by atoms with Crippen LogP contribution in [0, 0.1) is 0 Å². The van der Waals surface area contributed by atoms with Gasteiger partial charge in [0.05, 0.1) is 21.3 Å². The number of benzene rings is 1. The molecule has 0 aliphatic rings. The third-order valence-corrected chi connectivity index (χ3v) is 3.99. The minimum atomic E-state index is 0. The van der Waals surface area contributed by atoms with E-state index in [2.05, 4.69) is 22.5 Å². The molecule has 0 amide bonds. The third kappa shape index (κ3) is 9.18. The van der Waals surface area contributed by atoms with E-state index in [4.69, 9.17) is 18.9 Å². The van der Waals surface area contributed by atoms with Crippen molar-refractivity contribution in [3.63, 3.8) is 0 Å². The fourth-order valence-electron chi connectivity index (χ4n) is 2.67. The van der Waals surface area contributed by atoms with Gasteiger partial charge >= 0.3 is 0 Å². The van der Waals surface area contributed by atoms with Crippen molar-refractivity contribution in [1.29, 1.82) is 0 Å². The van der Waals surface area contributed by atoms with E-state index in [1.54, 1.807) is 21.3 Å². The van der Waals surface area contributed by atoms with Gasteiger partial charge in [-0.15, -0.1) is 24.0 Å². The molecule has 2 N–H and O–H groups in total. The van der Waals surface area contributed by atoms with Crippen LogP contribution < -0.4 is 24.8 Å². The van der Waals surface area contributed by atoms with Crippen LogP contribution in [0.5, 0.6) is 17.2 Å². The Kier molecular flexibility index (Phi) is 15.7. The number of ether oxygens (including phenoxy) is 4. The zero-order valence-corrected chi connectivity index (χ0v) is 20.1. The highest BCUT2D eigenvalue weighted by molar-refractivity contribution is 14.0. The Bertz CT molecular complexity index is 571. The summed E-state index contributed by atoms with van der Waals surface area (Å²) in [5, 5.41) is 6.64. The number of unbranched alkanes of at least 4 members (excludes halogenated alkanes) is 1. The number of halogens is 1. The predicted octanol–water partition coefficient (Wildman–Crippen LogP) is 3.24. The van der Waals surface area contributed by atoms with Crippen LogP contribution in [0.1, 0.15) is 32.3 Å². The second-order valence-electron chi connectivity index (χ2n) is 5.83. The highest BCUT2D eigenvalue weighted by Gasteiger charge is 2.15. The Labute approximate surface area is 186 Å². The summed E-state index contributed by atoms with van der Waals surface area (Å²) in [6.07, 6.45) is 2.82. The summed E-state index contributed by atoms with van der Waals surface area (Å²) in [5.41, 5.74) is 1.05. The Morgan fingerprint density at radius 3 is 2.32 bits per heavy atom. The van der Waals surface area contributed by atoms with Crippen molar-refractivity contribution in [3.8, 4) is 17.2 Å². The van der Waals surface area contributed by atoms with Crippen molar-refractivity contribution in [2.24, 2.45) is 4.99 Å². The van der Waals surface area contributed by atoms with Crippen molar-refractivity contribution >= 4 is 29.9 Å². The maximum Gasteiger partial charge on any atom is 0.203 e. The van der Waals surface area contributed by atoms with Crippen molar-refractivity contribution in [2.45, 2.75) is 33.1 Å². The quantitative estimate of drug-likeness (QED) is 0.184. The molecule has 7 nitrogen and oxygen atoms in total. The highest BCUT2D eigenvalue weighted by atomic mass is 127. The van der Waals surface area contributed by atoms with E-state index >= 15 is 0 Å². The first-order valence-electron chi connectivity index (χ1n) is 9.59. The zero-order chi connectivity index (χ0) is 19.9. The van der Waals surface area contributed by atoms with Crippen molar-refractivity contribution in [1.82, 2.24) is 10.6 Å². The Morgan fingerprint density at radius 1 is 0.964 bits per heavy atom. The van der Waals surface area contributed by atoms with Gasteiger partial charge in [0.2, 0.25) is 5.75 Å². The summed E-state index contributed by atoms with van der Waals surface area (Å²) >= 11 is 0. The largest absolute Gasteiger partial charge is 0.493 e. The van der Waals surface area contributed by atoms with Crippen LogP contribution in [0.2, 0.25) is 0 Å². The molecule has 1 aromatic rings. The molecule has 0 aromatic heterocycles. The molecule has 8 heteroatoms. The average Bonchev–Trinajstić information content (AvgIpc) is 2.69. The first-order valence-corrected chi connectivity index (χ1v) is 9.59. The molecule has 0 saturated carbocycles. The lowest BCUT2D eigenvalue weighted by Crippen LogP contribution is -2.38. The third-order valence-electron chi connectivity index (χ3n) is 3.99. The number of hydrogen-bond acceptors (Lipinski definition) is 5. The summed E-state index contributed by atoms with van der Waals surface area (Å²) in [7, 11) is 4.87. The number of hydrogen-bond donors (Lipinski definition) is 2. The van der Waals surface area contributed by atoms with E-state index < -0.39 is 0 Å². The van der Waals surface area contributed by atoms with E-state index in [9.17, 15) is 0 Å². The first-order chi connectivity index (χ1) is 13.2. The fraction of sp³-hybridized carbons (Fsp3) is 0.650. The van der Waals surface area contributed by atoms with Gasteiger partial charge in [0.1, 0.15) is 0 Å². The van der Waals surface area contributed by atoms with Crippen LogP contribution in [-0.4, -0.2) is 60.1 Å². The van der Waals surface area contributed by atoms with Crippen LogP contribution >= 0.6 is 24.0 Å². The molecular weight excluding hydrogens is 473 g/mol. The van der Waals surface area contributed by atoms with Crippen molar-refractivity contribution < 1.29 is 18.9 Å². The molecule has 162 valence electrons. The van der Waals surface area contributed by atoms with E-state index in [1.807, 2.05) is 19.1 Å². The lowest BCUT2D eigenvalue weighted by molar-refractivity contribution is 0.144. The van der Waals surface area contributed by atoms with Gasteiger partial charge in [-0.1, -0.05) is 6.07 Å². The summed E-state index contributed by atoms with van der Waals surface area (Å²) in [6, 6.07) is 3.90. The van der Waals surface area contributed by atoms with Crippen LogP contribution in [0.15, 0.2) is 17.1 Å². The maximum atomic E-state index is 5.54. The summed E-state index contributed by atoms with van der Waals surface area (Å²) in [6.45, 7) is 7.98. The molecule has 0 aliphatic heterocycles. The topological polar surface area (TPSA) is 73.3 Å². The molecule has 0 fully saturated rings. The van der Waals surface area contributed by atoms with E-state index in [0.29, 0.717) is 17.2 Å². The normalized spacial score (nSPS) is 10.8. The predicted molar refractivity (Wildman–Crippen MR) is 125 cm³/mol. The van der Waals surface area contributed by atoms with Crippen molar-refractivity contribution in [3.05, 3.63) is 17.7 Å². The summed E-state index contributed by atoms with van der Waals surface area (Å²) in [5.74, 6) is 2.81. The van der Waals surface area contributed by atoms with E-state index in [-0.39, 0.29) is 24.0 Å². The molecule has 28 heavy (non-hydrogen) atoms. The minimum absolute atomic E-state index is 0. The number of guanidine groups is 1. The van der Waals surface area contributed by atoms with Crippen LogP contribution in [0.4, 0.5) is 0 Å². The number of nitrogens with one attached hydrogen (secondary N) is 2. The van der Waals surface area contributed by atoms with Gasteiger partial charge in [0, 0.05) is 38.4 Å². The van der Waals surface area contributed by atoms with Gasteiger partial charge in [-0.05, 0) is 39.2 Å². The summed E-state index contributed by atoms with van der Waals surface area (Å²) < 4.78 is 21.7. The molecular formula is C20H36IN3O4. The molecule has 0 heterocycles. The minimum Gasteiger partial charge on any atom is -0.493 e. The maximum absolute atomic E-state index is 5.54. The fourth-order valence-corrected chi connectivity index (χ4v) is 2.67. The Balaban J connectivity index is 0.00000729. The summed E-state index contributed by atoms with van der Waals surface area (Å²) in [4.78, 5) is 4.61. The lowest BCUT2D eigenvalue weighted by atomic mass is 10.1. The van der Waals surface area contributed by atoms with Crippen LogP contribution in [0.25, 0.3) is 0 Å². The molecule has 0 aliphatic carbocycles. The average molecular weight is 509 g/mol. The Morgan fingerprint density at radius 2 is 1.71 bits per heavy atom. The van der Waals surface area contributed by atoms with Gasteiger partial charge in [-0.2, -0.15) is 0 Å². The molecule has 0 unspecified atom stereocenters. The molecule has 1 aromatic carbocycles.